The minimum absolute atomic E-state index is 0.0312. The topological polar surface area (TPSA) is 86.7 Å². The SMILES string of the molecule is C[C@@H](CO)Nc1ccnc(C(=O)NCCN2CCOCC2)c1. The maximum absolute atomic E-state index is 12.1. The molecule has 2 rings (SSSR count). The van der Waals surface area contributed by atoms with Crippen LogP contribution in [0.2, 0.25) is 0 Å². The van der Waals surface area contributed by atoms with Crippen molar-refractivity contribution in [1.82, 2.24) is 15.2 Å². The van der Waals surface area contributed by atoms with E-state index in [-0.39, 0.29) is 18.6 Å². The normalized spacial score (nSPS) is 17.0. The van der Waals surface area contributed by atoms with Crippen LogP contribution in [0.15, 0.2) is 18.3 Å². The molecule has 0 saturated carbocycles. The molecule has 1 atom stereocenters. The molecule has 122 valence electrons. The first-order chi connectivity index (χ1) is 10.7. The Kier molecular flexibility index (Phi) is 6.57. The third-order valence-corrected chi connectivity index (χ3v) is 3.50. The summed E-state index contributed by atoms with van der Waals surface area (Å²) in [5.74, 6) is -0.187. The van der Waals surface area contributed by atoms with Gasteiger partial charge in [-0.05, 0) is 19.1 Å². The van der Waals surface area contributed by atoms with E-state index in [0.29, 0.717) is 12.2 Å². The number of morpholine rings is 1. The molecule has 1 amide bonds. The van der Waals surface area contributed by atoms with E-state index in [1.807, 2.05) is 6.92 Å². The average Bonchev–Trinajstić information content (AvgIpc) is 2.56. The van der Waals surface area contributed by atoms with Crippen molar-refractivity contribution in [3.63, 3.8) is 0 Å². The third-order valence-electron chi connectivity index (χ3n) is 3.50. The number of pyridine rings is 1. The molecule has 0 spiro atoms. The van der Waals surface area contributed by atoms with Gasteiger partial charge in [0.2, 0.25) is 0 Å². The van der Waals surface area contributed by atoms with Crippen molar-refractivity contribution < 1.29 is 14.6 Å². The second-order valence-electron chi connectivity index (χ2n) is 5.37. The summed E-state index contributed by atoms with van der Waals surface area (Å²) in [6.07, 6.45) is 1.59. The Bertz CT molecular complexity index is 478. The zero-order valence-electron chi connectivity index (χ0n) is 12.9. The number of aliphatic hydroxyl groups excluding tert-OH is 1. The Morgan fingerprint density at radius 1 is 1.50 bits per heavy atom. The summed E-state index contributed by atoms with van der Waals surface area (Å²) in [5.41, 5.74) is 1.15. The highest BCUT2D eigenvalue weighted by molar-refractivity contribution is 5.93. The summed E-state index contributed by atoms with van der Waals surface area (Å²) in [6.45, 7) is 6.63. The van der Waals surface area contributed by atoms with Crippen molar-refractivity contribution in [2.45, 2.75) is 13.0 Å². The number of amides is 1. The quantitative estimate of drug-likeness (QED) is 0.654. The highest BCUT2D eigenvalue weighted by atomic mass is 16.5. The van der Waals surface area contributed by atoms with Gasteiger partial charge in [0.15, 0.2) is 0 Å². The lowest BCUT2D eigenvalue weighted by molar-refractivity contribution is 0.0383. The first-order valence-electron chi connectivity index (χ1n) is 7.61. The molecule has 0 unspecified atom stereocenters. The van der Waals surface area contributed by atoms with Crippen molar-refractivity contribution in [1.29, 1.82) is 0 Å². The first kappa shape index (κ1) is 16.7. The summed E-state index contributed by atoms with van der Waals surface area (Å²) >= 11 is 0. The molecule has 7 nitrogen and oxygen atoms in total. The first-order valence-corrected chi connectivity index (χ1v) is 7.61. The van der Waals surface area contributed by atoms with Crippen molar-refractivity contribution >= 4 is 11.6 Å². The number of carbonyl (C=O) groups is 1. The molecule has 1 aliphatic rings. The largest absolute Gasteiger partial charge is 0.394 e. The number of aliphatic hydroxyl groups is 1. The van der Waals surface area contributed by atoms with Gasteiger partial charge < -0.3 is 20.5 Å². The van der Waals surface area contributed by atoms with Crippen molar-refractivity contribution in [3.05, 3.63) is 24.0 Å². The van der Waals surface area contributed by atoms with Crippen molar-refractivity contribution in [2.75, 3.05) is 51.3 Å². The van der Waals surface area contributed by atoms with E-state index in [1.54, 1.807) is 18.3 Å². The van der Waals surface area contributed by atoms with Crippen LogP contribution in [-0.4, -0.2) is 72.9 Å². The predicted molar refractivity (Wildman–Crippen MR) is 84.0 cm³/mol. The fraction of sp³-hybridized carbons (Fsp3) is 0.600. The molecule has 0 bridgehead atoms. The van der Waals surface area contributed by atoms with Crippen LogP contribution >= 0.6 is 0 Å². The van der Waals surface area contributed by atoms with Gasteiger partial charge in [-0.2, -0.15) is 0 Å². The molecule has 1 aromatic heterocycles. The zero-order valence-corrected chi connectivity index (χ0v) is 12.9. The summed E-state index contributed by atoms with van der Waals surface area (Å²) in [6, 6.07) is 3.40. The summed E-state index contributed by atoms with van der Waals surface area (Å²) in [7, 11) is 0. The lowest BCUT2D eigenvalue weighted by atomic mass is 10.2. The zero-order chi connectivity index (χ0) is 15.8. The summed E-state index contributed by atoms with van der Waals surface area (Å²) in [5, 5.41) is 15.0. The molecule has 0 radical (unpaired) electrons. The Hall–Kier alpha value is -1.70. The van der Waals surface area contributed by atoms with E-state index in [1.165, 1.54) is 0 Å². The van der Waals surface area contributed by atoms with Crippen LogP contribution in [0, 0.1) is 0 Å². The lowest BCUT2D eigenvalue weighted by Gasteiger charge is -2.26. The number of anilines is 1. The smallest absolute Gasteiger partial charge is 0.269 e. The van der Waals surface area contributed by atoms with Crippen LogP contribution in [-0.2, 0) is 4.74 Å². The number of hydrogen-bond acceptors (Lipinski definition) is 6. The Morgan fingerprint density at radius 3 is 3.00 bits per heavy atom. The van der Waals surface area contributed by atoms with Gasteiger partial charge in [-0.25, -0.2) is 0 Å². The number of nitrogens with zero attached hydrogens (tertiary/aromatic N) is 2. The minimum atomic E-state index is -0.187. The number of aromatic nitrogens is 1. The van der Waals surface area contributed by atoms with Crippen LogP contribution in [0.5, 0.6) is 0 Å². The molecule has 3 N–H and O–H groups in total. The second-order valence-corrected chi connectivity index (χ2v) is 5.37. The Morgan fingerprint density at radius 2 is 2.27 bits per heavy atom. The maximum Gasteiger partial charge on any atom is 0.269 e. The Labute approximate surface area is 130 Å². The van der Waals surface area contributed by atoms with Gasteiger partial charge in [-0.1, -0.05) is 0 Å². The number of ether oxygens (including phenoxy) is 1. The monoisotopic (exact) mass is 308 g/mol. The third kappa shape index (κ3) is 5.25. The molecular formula is C15H24N4O3. The van der Waals surface area contributed by atoms with Crippen LogP contribution in [0.25, 0.3) is 0 Å². The molecule has 7 heteroatoms. The van der Waals surface area contributed by atoms with Gasteiger partial charge >= 0.3 is 0 Å². The fourth-order valence-corrected chi connectivity index (χ4v) is 2.22. The average molecular weight is 308 g/mol. The highest BCUT2D eigenvalue weighted by Gasteiger charge is 2.12. The van der Waals surface area contributed by atoms with Gasteiger partial charge in [0.25, 0.3) is 5.91 Å². The van der Waals surface area contributed by atoms with Crippen molar-refractivity contribution in [2.24, 2.45) is 0 Å². The van der Waals surface area contributed by atoms with Crippen LogP contribution in [0.4, 0.5) is 5.69 Å². The van der Waals surface area contributed by atoms with Gasteiger partial charge in [-0.3, -0.25) is 14.7 Å². The second kappa shape index (κ2) is 8.67. The number of nitrogens with one attached hydrogen (secondary N) is 2. The standard InChI is InChI=1S/C15H24N4O3/c1-12(11-20)18-13-2-3-16-14(10-13)15(21)17-4-5-19-6-8-22-9-7-19/h2-3,10,12,20H,4-9,11H2,1H3,(H,16,18)(H,17,21)/t12-/m0/s1. The molecule has 1 fully saturated rings. The molecule has 1 aliphatic heterocycles. The fourth-order valence-electron chi connectivity index (χ4n) is 2.22. The molecule has 0 aromatic carbocycles. The molecule has 1 saturated heterocycles. The van der Waals surface area contributed by atoms with Crippen LogP contribution in [0.3, 0.4) is 0 Å². The van der Waals surface area contributed by atoms with E-state index in [9.17, 15) is 4.79 Å². The van der Waals surface area contributed by atoms with E-state index >= 15 is 0 Å². The summed E-state index contributed by atoms with van der Waals surface area (Å²) < 4.78 is 5.29. The summed E-state index contributed by atoms with van der Waals surface area (Å²) in [4.78, 5) is 18.5. The molecular weight excluding hydrogens is 284 g/mol. The molecule has 2 heterocycles. The molecule has 0 aliphatic carbocycles. The number of carbonyl (C=O) groups excluding carboxylic acids is 1. The lowest BCUT2D eigenvalue weighted by Crippen LogP contribution is -2.41. The van der Waals surface area contributed by atoms with Gasteiger partial charge in [0.1, 0.15) is 5.69 Å². The van der Waals surface area contributed by atoms with Crippen molar-refractivity contribution in [3.8, 4) is 0 Å². The van der Waals surface area contributed by atoms with Gasteiger partial charge in [0, 0.05) is 44.1 Å². The molecule has 22 heavy (non-hydrogen) atoms. The van der Waals surface area contributed by atoms with Crippen LogP contribution < -0.4 is 10.6 Å². The van der Waals surface area contributed by atoms with E-state index in [4.69, 9.17) is 9.84 Å². The van der Waals surface area contributed by atoms with E-state index < -0.39 is 0 Å². The van der Waals surface area contributed by atoms with E-state index in [2.05, 4.69) is 20.5 Å². The maximum atomic E-state index is 12.1. The van der Waals surface area contributed by atoms with Gasteiger partial charge in [0.05, 0.1) is 19.8 Å². The molecule has 1 aromatic rings. The Balaban J connectivity index is 1.80. The van der Waals surface area contributed by atoms with E-state index in [0.717, 1.165) is 38.5 Å². The predicted octanol–water partition coefficient (Wildman–Crippen LogP) is -0.0637. The minimum Gasteiger partial charge on any atom is -0.394 e. The van der Waals surface area contributed by atoms with Gasteiger partial charge in [-0.15, -0.1) is 0 Å². The number of rotatable bonds is 7. The number of hydrogen-bond donors (Lipinski definition) is 3. The highest BCUT2D eigenvalue weighted by Crippen LogP contribution is 2.09. The van der Waals surface area contributed by atoms with Crippen LogP contribution in [0.1, 0.15) is 17.4 Å².